The Kier molecular flexibility index (Phi) is 5.26. The van der Waals surface area contributed by atoms with Crippen molar-refractivity contribution in [2.45, 2.75) is 32.0 Å². The Morgan fingerprint density at radius 3 is 2.85 bits per heavy atom. The highest BCUT2D eigenvalue weighted by molar-refractivity contribution is 6.30. The molecule has 1 saturated heterocycles. The molecule has 1 fully saturated rings. The molecule has 5 nitrogen and oxygen atoms in total. The number of fused-ring (bicyclic) bond motifs is 4. The van der Waals surface area contributed by atoms with E-state index < -0.39 is 0 Å². The molecule has 2 aliphatic heterocycles. The van der Waals surface area contributed by atoms with Crippen molar-refractivity contribution in [1.29, 1.82) is 0 Å². The van der Waals surface area contributed by atoms with Gasteiger partial charge in [-0.3, -0.25) is 9.69 Å². The van der Waals surface area contributed by atoms with E-state index in [1.807, 2.05) is 35.9 Å². The number of aromatic nitrogens is 1. The van der Waals surface area contributed by atoms with Gasteiger partial charge in [0.2, 0.25) is 0 Å². The summed E-state index contributed by atoms with van der Waals surface area (Å²) in [6, 6.07) is 9.79. The van der Waals surface area contributed by atoms with Gasteiger partial charge in [0.25, 0.3) is 5.56 Å². The topological polar surface area (TPSA) is 46.5 Å². The molecule has 0 aliphatic carbocycles. The highest BCUT2D eigenvalue weighted by Crippen LogP contribution is 2.32. The molecule has 4 rings (SSSR count). The Labute approximate surface area is 164 Å². The second-order valence-electron chi connectivity index (χ2n) is 7.78. The van der Waals surface area contributed by atoms with Crippen molar-refractivity contribution in [3.63, 3.8) is 0 Å². The van der Waals surface area contributed by atoms with E-state index in [-0.39, 0.29) is 5.56 Å². The van der Waals surface area contributed by atoms with E-state index in [0.29, 0.717) is 29.9 Å². The molecular formula is C21H26ClN3O2. The van der Waals surface area contributed by atoms with Gasteiger partial charge in [0.1, 0.15) is 5.75 Å². The monoisotopic (exact) mass is 387 g/mol. The average molecular weight is 388 g/mol. The molecule has 0 radical (unpaired) electrons. The van der Waals surface area contributed by atoms with Crippen LogP contribution in [0, 0.1) is 5.92 Å². The van der Waals surface area contributed by atoms with Crippen molar-refractivity contribution in [2.75, 3.05) is 27.2 Å². The summed E-state index contributed by atoms with van der Waals surface area (Å²) < 4.78 is 7.45. The van der Waals surface area contributed by atoms with Crippen molar-refractivity contribution in [3.8, 4) is 5.75 Å². The maximum atomic E-state index is 13.1. The number of hydrogen-bond donors (Lipinski definition) is 1. The van der Waals surface area contributed by atoms with Crippen LogP contribution < -0.4 is 15.6 Å². The maximum absolute atomic E-state index is 13.1. The van der Waals surface area contributed by atoms with Gasteiger partial charge in [-0.15, -0.1) is 0 Å². The van der Waals surface area contributed by atoms with E-state index in [0.717, 1.165) is 36.5 Å². The number of nitrogens with zero attached hydrogens (tertiary/aromatic N) is 2. The SMILES string of the molecule is COc1ccc(Cl)cc1CN(C)Cc1ccc2n(c1=O)C[C@@H]1CNC[C@H]2C1. The maximum Gasteiger partial charge on any atom is 0.255 e. The zero-order valence-electron chi connectivity index (χ0n) is 15.9. The summed E-state index contributed by atoms with van der Waals surface area (Å²) in [6.45, 7) is 4.09. The third kappa shape index (κ3) is 3.77. The highest BCUT2D eigenvalue weighted by atomic mass is 35.5. The Morgan fingerprint density at radius 2 is 2.04 bits per heavy atom. The van der Waals surface area contributed by atoms with Crippen molar-refractivity contribution >= 4 is 11.6 Å². The number of nitrogens with one attached hydrogen (secondary N) is 1. The van der Waals surface area contributed by atoms with Crippen LogP contribution in [0.3, 0.4) is 0 Å². The van der Waals surface area contributed by atoms with Crippen LogP contribution in [0.15, 0.2) is 35.1 Å². The predicted octanol–water partition coefficient (Wildman–Crippen LogP) is 2.85. The van der Waals surface area contributed by atoms with Crippen molar-refractivity contribution in [2.24, 2.45) is 5.92 Å². The molecule has 1 aromatic heterocycles. The van der Waals surface area contributed by atoms with Crippen LogP contribution in [0.1, 0.15) is 29.2 Å². The zero-order chi connectivity index (χ0) is 19.0. The molecule has 1 aromatic carbocycles. The molecule has 0 saturated carbocycles. The summed E-state index contributed by atoms with van der Waals surface area (Å²) in [5.41, 5.74) is 3.21. The lowest BCUT2D eigenvalue weighted by atomic mass is 9.84. The summed E-state index contributed by atoms with van der Waals surface area (Å²) in [4.78, 5) is 15.2. The van der Waals surface area contributed by atoms with Crippen LogP contribution in [0.25, 0.3) is 0 Å². The van der Waals surface area contributed by atoms with E-state index in [1.54, 1.807) is 7.11 Å². The molecule has 2 aliphatic rings. The first-order valence-electron chi connectivity index (χ1n) is 9.49. The molecule has 2 bridgehead atoms. The molecule has 0 amide bonds. The summed E-state index contributed by atoms with van der Waals surface area (Å²) >= 11 is 6.14. The third-order valence-corrected chi connectivity index (χ3v) is 5.95. The molecule has 2 aromatic rings. The molecule has 6 heteroatoms. The van der Waals surface area contributed by atoms with Gasteiger partial charge in [0.05, 0.1) is 7.11 Å². The first-order valence-corrected chi connectivity index (χ1v) is 9.87. The molecule has 0 unspecified atom stereocenters. The van der Waals surface area contributed by atoms with Crippen LogP contribution in [-0.4, -0.2) is 36.7 Å². The van der Waals surface area contributed by atoms with Gasteiger partial charge in [-0.25, -0.2) is 0 Å². The second kappa shape index (κ2) is 7.66. The number of methoxy groups -OCH3 is 1. The number of ether oxygens (including phenoxy) is 1. The van der Waals surface area contributed by atoms with E-state index in [9.17, 15) is 4.79 Å². The Bertz CT molecular complexity index is 895. The van der Waals surface area contributed by atoms with Gasteiger partial charge in [-0.05, 0) is 50.2 Å². The summed E-state index contributed by atoms with van der Waals surface area (Å²) in [7, 11) is 3.68. The van der Waals surface area contributed by atoms with Crippen LogP contribution in [0.2, 0.25) is 5.02 Å². The quantitative estimate of drug-likeness (QED) is 0.857. The third-order valence-electron chi connectivity index (χ3n) is 5.71. The Hall–Kier alpha value is -1.82. The van der Waals surface area contributed by atoms with Crippen LogP contribution >= 0.6 is 11.6 Å². The number of hydrogen-bond acceptors (Lipinski definition) is 4. The zero-order valence-corrected chi connectivity index (χ0v) is 16.6. The van der Waals surface area contributed by atoms with Crippen LogP contribution in [-0.2, 0) is 19.6 Å². The van der Waals surface area contributed by atoms with E-state index in [4.69, 9.17) is 16.3 Å². The van der Waals surface area contributed by atoms with Crippen LogP contribution in [0.4, 0.5) is 0 Å². The summed E-state index contributed by atoms with van der Waals surface area (Å²) in [6.07, 6.45) is 1.19. The van der Waals surface area contributed by atoms with E-state index in [2.05, 4.69) is 16.3 Å². The van der Waals surface area contributed by atoms with Gasteiger partial charge < -0.3 is 14.6 Å². The number of halogens is 1. The second-order valence-corrected chi connectivity index (χ2v) is 8.22. The minimum Gasteiger partial charge on any atom is -0.496 e. The van der Waals surface area contributed by atoms with Gasteiger partial charge in [-0.1, -0.05) is 17.7 Å². The lowest BCUT2D eigenvalue weighted by Gasteiger charge is -2.37. The normalized spacial score (nSPS) is 21.2. The van der Waals surface area contributed by atoms with Crippen LogP contribution in [0.5, 0.6) is 5.75 Å². The van der Waals surface area contributed by atoms with Crippen molar-refractivity contribution < 1.29 is 4.74 Å². The summed E-state index contributed by atoms with van der Waals surface area (Å²) in [5.74, 6) is 1.85. The molecule has 3 heterocycles. The fourth-order valence-electron chi connectivity index (χ4n) is 4.46. The minimum absolute atomic E-state index is 0.161. The Balaban J connectivity index is 1.54. The molecular weight excluding hydrogens is 362 g/mol. The Morgan fingerprint density at radius 1 is 1.22 bits per heavy atom. The molecule has 27 heavy (non-hydrogen) atoms. The molecule has 1 N–H and O–H groups in total. The first kappa shape index (κ1) is 18.5. The molecule has 2 atom stereocenters. The van der Waals surface area contributed by atoms with Gasteiger partial charge in [0, 0.05) is 53.9 Å². The van der Waals surface area contributed by atoms with Gasteiger partial charge in [0.15, 0.2) is 0 Å². The summed E-state index contributed by atoms with van der Waals surface area (Å²) in [5, 5.41) is 4.18. The van der Waals surface area contributed by atoms with Crippen molar-refractivity contribution in [3.05, 3.63) is 62.5 Å². The first-order chi connectivity index (χ1) is 13.0. The van der Waals surface area contributed by atoms with Gasteiger partial charge in [-0.2, -0.15) is 0 Å². The lowest BCUT2D eigenvalue weighted by molar-refractivity contribution is 0.254. The van der Waals surface area contributed by atoms with E-state index >= 15 is 0 Å². The average Bonchev–Trinajstić information content (AvgIpc) is 2.65. The highest BCUT2D eigenvalue weighted by Gasteiger charge is 2.31. The smallest absolute Gasteiger partial charge is 0.255 e. The van der Waals surface area contributed by atoms with Crippen molar-refractivity contribution in [1.82, 2.24) is 14.8 Å². The number of pyridine rings is 1. The number of piperidine rings is 1. The predicted molar refractivity (Wildman–Crippen MR) is 108 cm³/mol. The lowest BCUT2D eigenvalue weighted by Crippen LogP contribution is -2.45. The molecule has 0 spiro atoms. The largest absolute Gasteiger partial charge is 0.496 e. The molecule has 144 valence electrons. The number of benzene rings is 1. The minimum atomic E-state index is 0.161. The standard InChI is InChI=1S/C21H26ClN3O2/c1-24(13-17-8-18(22)4-6-20(17)27-2)12-15-3-5-19-16-7-14(9-23-10-16)11-25(19)21(15)26/h3-6,8,14,16,23H,7,9-13H2,1-2H3/t14-,16+/m0/s1. The number of rotatable bonds is 5. The fraction of sp³-hybridized carbons (Fsp3) is 0.476. The van der Waals surface area contributed by atoms with Gasteiger partial charge >= 0.3 is 0 Å². The fourth-order valence-corrected chi connectivity index (χ4v) is 4.66. The van der Waals surface area contributed by atoms with E-state index in [1.165, 1.54) is 12.1 Å².